The Hall–Kier alpha value is -1.31. The Labute approximate surface area is 156 Å². The summed E-state index contributed by atoms with van der Waals surface area (Å²) in [5, 5.41) is 6.62. The normalized spacial score (nSPS) is 12.3. The molecule has 130 valence electrons. The number of esters is 1. The molecule has 0 aliphatic rings. The number of hydrogen-bond donors (Lipinski definition) is 2. The molecule has 1 aromatic rings. The minimum atomic E-state index is -0.287. The number of nitrogens with zero attached hydrogens (tertiary/aromatic N) is 1. The first-order valence-corrected chi connectivity index (χ1v) is 7.71. The van der Waals surface area contributed by atoms with Crippen molar-refractivity contribution in [2.45, 2.75) is 40.3 Å². The van der Waals surface area contributed by atoms with Crippen LogP contribution < -0.4 is 10.6 Å². The van der Waals surface area contributed by atoms with Crippen molar-refractivity contribution in [2.75, 3.05) is 13.7 Å². The molecule has 1 atom stereocenters. The Kier molecular flexibility index (Phi) is 10.6. The molecule has 0 fully saturated rings. The highest BCUT2D eigenvalue weighted by molar-refractivity contribution is 14.0. The van der Waals surface area contributed by atoms with Gasteiger partial charge < -0.3 is 15.4 Å². The third-order valence-corrected chi connectivity index (χ3v) is 3.51. The minimum Gasteiger partial charge on any atom is -0.462 e. The molecule has 1 unspecified atom stereocenters. The molecule has 5 nitrogen and oxygen atoms in total. The van der Waals surface area contributed by atoms with E-state index in [9.17, 15) is 4.79 Å². The van der Waals surface area contributed by atoms with Gasteiger partial charge in [-0.3, -0.25) is 4.99 Å². The van der Waals surface area contributed by atoms with E-state index in [1.54, 1.807) is 26.1 Å². The van der Waals surface area contributed by atoms with Crippen molar-refractivity contribution < 1.29 is 9.53 Å². The summed E-state index contributed by atoms with van der Waals surface area (Å²) in [5.41, 5.74) is 1.65. The van der Waals surface area contributed by atoms with Crippen LogP contribution in [-0.4, -0.2) is 31.6 Å². The first-order valence-electron chi connectivity index (χ1n) is 7.71. The van der Waals surface area contributed by atoms with Crippen LogP contribution in [0.3, 0.4) is 0 Å². The van der Waals surface area contributed by atoms with Gasteiger partial charge in [0.1, 0.15) is 0 Å². The average molecular weight is 433 g/mol. The second-order valence-corrected chi connectivity index (χ2v) is 5.52. The molecule has 6 heteroatoms. The number of halogens is 1. The smallest absolute Gasteiger partial charge is 0.338 e. The maximum Gasteiger partial charge on any atom is 0.338 e. The van der Waals surface area contributed by atoms with Crippen molar-refractivity contribution in [3.63, 3.8) is 0 Å². The summed E-state index contributed by atoms with van der Waals surface area (Å²) in [5.74, 6) is 1.02. The molecule has 1 aromatic carbocycles. The highest BCUT2D eigenvalue weighted by atomic mass is 127. The van der Waals surface area contributed by atoms with Crippen molar-refractivity contribution in [2.24, 2.45) is 10.9 Å². The Morgan fingerprint density at radius 3 is 2.30 bits per heavy atom. The number of benzene rings is 1. The van der Waals surface area contributed by atoms with E-state index in [2.05, 4.69) is 36.4 Å². The van der Waals surface area contributed by atoms with E-state index in [1.165, 1.54) is 0 Å². The first kappa shape index (κ1) is 21.7. The van der Waals surface area contributed by atoms with Gasteiger partial charge in [0.25, 0.3) is 0 Å². The SMILES string of the molecule is CCOC(=O)c1ccc(CNC(=NC)NC(C)C(C)C)cc1.I. The van der Waals surface area contributed by atoms with Gasteiger partial charge in [-0.15, -0.1) is 24.0 Å². The van der Waals surface area contributed by atoms with Crippen molar-refractivity contribution in [1.82, 2.24) is 10.6 Å². The summed E-state index contributed by atoms with van der Waals surface area (Å²) in [6.07, 6.45) is 0. The van der Waals surface area contributed by atoms with Crippen LogP contribution in [0.15, 0.2) is 29.3 Å². The van der Waals surface area contributed by atoms with Gasteiger partial charge in [0, 0.05) is 19.6 Å². The Morgan fingerprint density at radius 2 is 1.83 bits per heavy atom. The van der Waals surface area contributed by atoms with E-state index < -0.39 is 0 Å². The van der Waals surface area contributed by atoms with Gasteiger partial charge in [-0.1, -0.05) is 26.0 Å². The van der Waals surface area contributed by atoms with Crippen LogP contribution in [0, 0.1) is 5.92 Å². The van der Waals surface area contributed by atoms with Crippen molar-refractivity contribution >= 4 is 35.9 Å². The molecular formula is C17H28IN3O2. The van der Waals surface area contributed by atoms with Gasteiger partial charge >= 0.3 is 5.97 Å². The predicted molar refractivity (Wildman–Crippen MR) is 105 cm³/mol. The highest BCUT2D eigenvalue weighted by Crippen LogP contribution is 2.06. The van der Waals surface area contributed by atoms with Crippen LogP contribution in [0.2, 0.25) is 0 Å². The van der Waals surface area contributed by atoms with Crippen LogP contribution >= 0.6 is 24.0 Å². The Balaban J connectivity index is 0.00000484. The zero-order valence-electron chi connectivity index (χ0n) is 14.6. The Bertz CT molecular complexity index is 501. The van der Waals surface area contributed by atoms with E-state index in [-0.39, 0.29) is 29.9 Å². The van der Waals surface area contributed by atoms with Gasteiger partial charge in [0.2, 0.25) is 0 Å². The van der Waals surface area contributed by atoms with Crippen molar-refractivity contribution in [3.05, 3.63) is 35.4 Å². The second kappa shape index (κ2) is 11.3. The van der Waals surface area contributed by atoms with E-state index >= 15 is 0 Å². The number of nitrogens with one attached hydrogen (secondary N) is 2. The molecule has 23 heavy (non-hydrogen) atoms. The van der Waals surface area contributed by atoms with Gasteiger partial charge in [0.15, 0.2) is 5.96 Å². The van der Waals surface area contributed by atoms with Gasteiger partial charge in [-0.25, -0.2) is 4.79 Å². The molecule has 0 spiro atoms. The molecular weight excluding hydrogens is 405 g/mol. The zero-order chi connectivity index (χ0) is 16.5. The fourth-order valence-corrected chi connectivity index (χ4v) is 1.74. The minimum absolute atomic E-state index is 0. The third kappa shape index (κ3) is 7.67. The van der Waals surface area contributed by atoms with Crippen LogP contribution in [0.5, 0.6) is 0 Å². The standard InChI is InChI=1S/C17H27N3O2.HI/c1-6-22-16(21)15-9-7-14(8-10-15)11-19-17(18-5)20-13(4)12(2)3;/h7-10,12-13H,6,11H2,1-5H3,(H2,18,19,20);1H. The second-order valence-electron chi connectivity index (χ2n) is 5.52. The van der Waals surface area contributed by atoms with Crippen LogP contribution in [0.4, 0.5) is 0 Å². The molecule has 0 aliphatic carbocycles. The van der Waals surface area contributed by atoms with E-state index in [4.69, 9.17) is 4.74 Å². The maximum atomic E-state index is 11.6. The largest absolute Gasteiger partial charge is 0.462 e. The van der Waals surface area contributed by atoms with E-state index in [1.807, 2.05) is 12.1 Å². The summed E-state index contributed by atoms with van der Waals surface area (Å²) in [4.78, 5) is 15.8. The topological polar surface area (TPSA) is 62.7 Å². The number of rotatable bonds is 6. The predicted octanol–water partition coefficient (Wildman–Crippen LogP) is 3.19. The molecule has 0 saturated heterocycles. The average Bonchev–Trinajstić information content (AvgIpc) is 2.51. The summed E-state index contributed by atoms with van der Waals surface area (Å²) >= 11 is 0. The molecule has 0 aromatic heterocycles. The maximum absolute atomic E-state index is 11.6. The number of hydrogen-bond acceptors (Lipinski definition) is 3. The van der Waals surface area contributed by atoms with Crippen molar-refractivity contribution in [1.29, 1.82) is 0 Å². The first-order chi connectivity index (χ1) is 10.5. The summed E-state index contributed by atoms with van der Waals surface area (Å²) in [6, 6.07) is 7.73. The lowest BCUT2D eigenvalue weighted by Gasteiger charge is -2.20. The molecule has 0 aliphatic heterocycles. The van der Waals surface area contributed by atoms with E-state index in [0.29, 0.717) is 30.7 Å². The molecule has 0 radical (unpaired) electrons. The molecule has 1 rings (SSSR count). The number of carbonyl (C=O) groups excluding carboxylic acids is 1. The van der Waals surface area contributed by atoms with Gasteiger partial charge in [-0.05, 0) is 37.5 Å². The molecule has 0 saturated carbocycles. The van der Waals surface area contributed by atoms with Gasteiger partial charge in [-0.2, -0.15) is 0 Å². The fraction of sp³-hybridized carbons (Fsp3) is 0.529. The van der Waals surface area contributed by atoms with Crippen LogP contribution in [0.25, 0.3) is 0 Å². The highest BCUT2D eigenvalue weighted by Gasteiger charge is 2.09. The number of aliphatic imine (C=N–C) groups is 1. The van der Waals surface area contributed by atoms with E-state index in [0.717, 1.165) is 11.5 Å². The molecule has 0 amide bonds. The monoisotopic (exact) mass is 433 g/mol. The lowest BCUT2D eigenvalue weighted by Crippen LogP contribution is -2.43. The summed E-state index contributed by atoms with van der Waals surface area (Å²) < 4.78 is 4.97. The summed E-state index contributed by atoms with van der Waals surface area (Å²) in [6.45, 7) is 9.29. The quantitative estimate of drug-likeness (QED) is 0.313. The van der Waals surface area contributed by atoms with Crippen molar-refractivity contribution in [3.8, 4) is 0 Å². The van der Waals surface area contributed by atoms with Crippen LogP contribution in [-0.2, 0) is 11.3 Å². The van der Waals surface area contributed by atoms with Gasteiger partial charge in [0.05, 0.1) is 12.2 Å². The number of ether oxygens (including phenoxy) is 1. The van der Waals surface area contributed by atoms with Crippen LogP contribution in [0.1, 0.15) is 43.6 Å². The zero-order valence-corrected chi connectivity index (χ0v) is 16.9. The molecule has 0 bridgehead atoms. The fourth-order valence-electron chi connectivity index (χ4n) is 1.74. The number of carbonyl (C=O) groups is 1. The lowest BCUT2D eigenvalue weighted by atomic mass is 10.1. The lowest BCUT2D eigenvalue weighted by molar-refractivity contribution is 0.0526. The molecule has 0 heterocycles. The third-order valence-electron chi connectivity index (χ3n) is 3.51. The molecule has 2 N–H and O–H groups in total. The summed E-state index contributed by atoms with van der Waals surface area (Å²) in [7, 11) is 1.76. The number of guanidine groups is 1. The Morgan fingerprint density at radius 1 is 1.22 bits per heavy atom.